The normalized spacial score (nSPS) is 21.9. The third-order valence-electron chi connectivity index (χ3n) is 6.15. The van der Waals surface area contributed by atoms with Crippen molar-refractivity contribution >= 4 is 17.2 Å². The van der Waals surface area contributed by atoms with Gasteiger partial charge in [-0.3, -0.25) is 19.6 Å². The van der Waals surface area contributed by atoms with Crippen LogP contribution in [0.15, 0.2) is 36.1 Å². The lowest BCUT2D eigenvalue weighted by Gasteiger charge is -2.42. The van der Waals surface area contributed by atoms with Crippen LogP contribution in [0.2, 0.25) is 0 Å². The highest BCUT2D eigenvalue weighted by Gasteiger charge is 2.31. The largest absolute Gasteiger partial charge is 0.355 e. The zero-order valence-electron chi connectivity index (χ0n) is 17.0. The lowest BCUT2D eigenvalue weighted by atomic mass is 9.93. The summed E-state index contributed by atoms with van der Waals surface area (Å²) in [5.74, 6) is 0.355. The molecule has 7 heteroatoms. The van der Waals surface area contributed by atoms with E-state index in [2.05, 4.69) is 31.2 Å². The molecule has 0 saturated carbocycles. The lowest BCUT2D eigenvalue weighted by Crippen LogP contribution is -2.50. The molecule has 0 spiro atoms. The predicted molar refractivity (Wildman–Crippen MR) is 116 cm³/mol. The Morgan fingerprint density at radius 1 is 1.21 bits per heavy atom. The second kappa shape index (κ2) is 10.3. The summed E-state index contributed by atoms with van der Waals surface area (Å²) >= 11 is 1.65. The number of hydrogen-bond donors (Lipinski definition) is 1. The maximum absolute atomic E-state index is 12.6. The maximum Gasteiger partial charge on any atom is 0.224 e. The summed E-state index contributed by atoms with van der Waals surface area (Å²) in [6.07, 6.45) is 11.0. The van der Waals surface area contributed by atoms with Crippen LogP contribution in [0.1, 0.15) is 36.3 Å². The molecule has 156 valence electrons. The number of pyridine rings is 1. The molecule has 4 heterocycles. The summed E-state index contributed by atoms with van der Waals surface area (Å²) in [4.78, 5) is 26.3. The molecule has 0 bridgehead atoms. The summed E-state index contributed by atoms with van der Waals surface area (Å²) in [5, 5.41) is 6.21. The van der Waals surface area contributed by atoms with Gasteiger partial charge in [0, 0.05) is 56.1 Å². The van der Waals surface area contributed by atoms with Crippen LogP contribution in [-0.4, -0.2) is 64.4 Å². The fraction of sp³-hybridized carbons (Fsp3) is 0.591. The van der Waals surface area contributed by atoms with Gasteiger partial charge in [0.1, 0.15) is 0 Å². The average molecular weight is 414 g/mol. The SMILES string of the molecule is O=C(NCCc1nccs1)C1CCCN(C2CCN(Cc3cccnc3)CC2)C1. The zero-order valence-corrected chi connectivity index (χ0v) is 17.8. The van der Waals surface area contributed by atoms with E-state index in [-0.39, 0.29) is 11.8 Å². The number of nitrogens with zero attached hydrogens (tertiary/aromatic N) is 4. The summed E-state index contributed by atoms with van der Waals surface area (Å²) in [7, 11) is 0. The van der Waals surface area contributed by atoms with Crippen molar-refractivity contribution in [1.82, 2.24) is 25.1 Å². The minimum Gasteiger partial charge on any atom is -0.355 e. The molecule has 1 unspecified atom stereocenters. The quantitative estimate of drug-likeness (QED) is 0.756. The van der Waals surface area contributed by atoms with Crippen molar-refractivity contribution < 1.29 is 4.79 Å². The van der Waals surface area contributed by atoms with E-state index < -0.39 is 0 Å². The Kier molecular flexibility index (Phi) is 7.24. The molecule has 4 rings (SSSR count). The van der Waals surface area contributed by atoms with E-state index in [4.69, 9.17) is 0 Å². The van der Waals surface area contributed by atoms with Crippen molar-refractivity contribution in [2.45, 2.75) is 44.7 Å². The lowest BCUT2D eigenvalue weighted by molar-refractivity contribution is -0.127. The Morgan fingerprint density at radius 2 is 2.10 bits per heavy atom. The van der Waals surface area contributed by atoms with Crippen molar-refractivity contribution in [2.24, 2.45) is 5.92 Å². The Morgan fingerprint density at radius 3 is 2.86 bits per heavy atom. The molecule has 1 amide bonds. The van der Waals surface area contributed by atoms with Gasteiger partial charge < -0.3 is 5.32 Å². The average Bonchev–Trinajstić information content (AvgIpc) is 3.29. The van der Waals surface area contributed by atoms with Crippen LogP contribution in [0.3, 0.4) is 0 Å². The summed E-state index contributed by atoms with van der Waals surface area (Å²) < 4.78 is 0. The van der Waals surface area contributed by atoms with Crippen LogP contribution in [0.4, 0.5) is 0 Å². The molecule has 29 heavy (non-hydrogen) atoms. The van der Waals surface area contributed by atoms with Gasteiger partial charge in [-0.15, -0.1) is 11.3 Å². The molecule has 1 N–H and O–H groups in total. The molecule has 2 saturated heterocycles. The highest BCUT2D eigenvalue weighted by molar-refractivity contribution is 7.09. The number of rotatable bonds is 7. The Balaban J connectivity index is 1.20. The molecule has 2 fully saturated rings. The van der Waals surface area contributed by atoms with Gasteiger partial charge in [0.15, 0.2) is 0 Å². The van der Waals surface area contributed by atoms with E-state index in [0.29, 0.717) is 12.6 Å². The van der Waals surface area contributed by atoms with Crippen LogP contribution >= 0.6 is 11.3 Å². The first-order valence-corrected chi connectivity index (χ1v) is 11.7. The molecular weight excluding hydrogens is 382 g/mol. The van der Waals surface area contributed by atoms with Crippen LogP contribution in [-0.2, 0) is 17.8 Å². The summed E-state index contributed by atoms with van der Waals surface area (Å²) in [6.45, 7) is 5.98. The Hall–Kier alpha value is -1.83. The number of thiazole rings is 1. The van der Waals surface area contributed by atoms with E-state index in [1.807, 2.05) is 30.0 Å². The highest BCUT2D eigenvalue weighted by Crippen LogP contribution is 2.24. The first-order chi connectivity index (χ1) is 14.3. The van der Waals surface area contributed by atoms with Gasteiger partial charge in [0.05, 0.1) is 10.9 Å². The number of carbonyl (C=O) groups is 1. The van der Waals surface area contributed by atoms with Gasteiger partial charge in [0.25, 0.3) is 0 Å². The number of aromatic nitrogens is 2. The van der Waals surface area contributed by atoms with Crippen LogP contribution in [0, 0.1) is 5.92 Å². The number of piperidine rings is 2. The third-order valence-corrected chi connectivity index (χ3v) is 6.99. The summed E-state index contributed by atoms with van der Waals surface area (Å²) in [5.41, 5.74) is 1.29. The second-order valence-corrected chi connectivity index (χ2v) is 9.15. The van der Waals surface area contributed by atoms with Crippen LogP contribution in [0.25, 0.3) is 0 Å². The molecule has 1 atom stereocenters. The molecule has 2 aromatic rings. The minimum atomic E-state index is 0.133. The van der Waals surface area contributed by atoms with E-state index in [1.54, 1.807) is 11.3 Å². The Bertz CT molecular complexity index is 746. The fourth-order valence-corrected chi connectivity index (χ4v) is 5.18. The number of carbonyl (C=O) groups excluding carboxylic acids is 1. The topological polar surface area (TPSA) is 61.4 Å². The monoisotopic (exact) mass is 413 g/mol. The highest BCUT2D eigenvalue weighted by atomic mass is 32.1. The van der Waals surface area contributed by atoms with Gasteiger partial charge >= 0.3 is 0 Å². The molecule has 2 aliphatic rings. The maximum atomic E-state index is 12.6. The molecule has 6 nitrogen and oxygen atoms in total. The van der Waals surface area contributed by atoms with E-state index in [1.165, 1.54) is 18.4 Å². The second-order valence-electron chi connectivity index (χ2n) is 8.17. The van der Waals surface area contributed by atoms with E-state index in [0.717, 1.165) is 57.0 Å². The van der Waals surface area contributed by atoms with Gasteiger partial charge in [0.2, 0.25) is 5.91 Å². The molecule has 0 aromatic carbocycles. The van der Waals surface area contributed by atoms with Gasteiger partial charge in [-0.25, -0.2) is 4.98 Å². The molecule has 2 aliphatic heterocycles. The van der Waals surface area contributed by atoms with Gasteiger partial charge in [-0.05, 0) is 56.9 Å². The van der Waals surface area contributed by atoms with Crippen molar-refractivity contribution in [2.75, 3.05) is 32.7 Å². The Labute approximate surface area is 177 Å². The first-order valence-electron chi connectivity index (χ1n) is 10.8. The first kappa shape index (κ1) is 20.4. The van der Waals surface area contributed by atoms with Gasteiger partial charge in [-0.1, -0.05) is 6.07 Å². The molecular formula is C22H31N5OS. The predicted octanol–water partition coefficient (Wildman–Crippen LogP) is 2.57. The van der Waals surface area contributed by atoms with Crippen molar-refractivity contribution in [3.63, 3.8) is 0 Å². The molecule has 0 aliphatic carbocycles. The van der Waals surface area contributed by atoms with Crippen LogP contribution < -0.4 is 5.32 Å². The van der Waals surface area contributed by atoms with Crippen molar-refractivity contribution in [3.8, 4) is 0 Å². The van der Waals surface area contributed by atoms with E-state index >= 15 is 0 Å². The fourth-order valence-electron chi connectivity index (χ4n) is 4.56. The smallest absolute Gasteiger partial charge is 0.224 e. The number of nitrogens with one attached hydrogen (secondary N) is 1. The van der Waals surface area contributed by atoms with E-state index in [9.17, 15) is 4.79 Å². The number of amides is 1. The minimum absolute atomic E-state index is 0.133. The summed E-state index contributed by atoms with van der Waals surface area (Å²) in [6, 6.07) is 4.78. The molecule has 0 radical (unpaired) electrons. The van der Waals surface area contributed by atoms with Gasteiger partial charge in [-0.2, -0.15) is 0 Å². The van der Waals surface area contributed by atoms with Crippen molar-refractivity contribution in [3.05, 3.63) is 46.7 Å². The van der Waals surface area contributed by atoms with Crippen molar-refractivity contribution in [1.29, 1.82) is 0 Å². The number of likely N-dealkylation sites (tertiary alicyclic amines) is 2. The number of hydrogen-bond acceptors (Lipinski definition) is 6. The van der Waals surface area contributed by atoms with Crippen LogP contribution in [0.5, 0.6) is 0 Å². The zero-order chi connectivity index (χ0) is 19.9. The molecule has 2 aromatic heterocycles. The third kappa shape index (κ3) is 5.84. The standard InChI is InChI=1S/C22H31N5OS/c28-22(25-9-5-21-24-10-14-29-21)19-4-2-11-27(17-19)20-6-12-26(13-7-20)16-18-3-1-8-23-15-18/h1,3,8,10,14-15,19-20H,2,4-7,9,11-13,16-17H2,(H,25,28).